The minimum atomic E-state index is 0.0766. The maximum absolute atomic E-state index is 12.4. The lowest BCUT2D eigenvalue weighted by Gasteiger charge is -2.23. The van der Waals surface area contributed by atoms with E-state index in [2.05, 4.69) is 30.3 Å². The Labute approximate surface area is 122 Å². The summed E-state index contributed by atoms with van der Waals surface area (Å²) in [6.07, 6.45) is 10.4. The van der Waals surface area contributed by atoms with Crippen LogP contribution in [0, 0.1) is 0 Å². The summed E-state index contributed by atoms with van der Waals surface area (Å²) in [6, 6.07) is 0.0766. The summed E-state index contributed by atoms with van der Waals surface area (Å²) in [4.78, 5) is 14.5. The molecule has 0 spiro atoms. The third-order valence-corrected chi connectivity index (χ3v) is 4.43. The van der Waals surface area contributed by atoms with Crippen LogP contribution in [0.15, 0.2) is 0 Å². The van der Waals surface area contributed by atoms with Crippen molar-refractivity contribution < 1.29 is 4.79 Å². The zero-order chi connectivity index (χ0) is 14.1. The van der Waals surface area contributed by atoms with Crippen LogP contribution in [0.5, 0.6) is 0 Å². The van der Waals surface area contributed by atoms with Crippen LogP contribution >= 0.6 is 11.8 Å². The minimum Gasteiger partial charge on any atom is -0.326 e. The number of rotatable bonds is 10. The van der Waals surface area contributed by atoms with E-state index in [1.807, 2.05) is 11.8 Å². The van der Waals surface area contributed by atoms with E-state index in [0.29, 0.717) is 5.91 Å². The second-order valence-electron chi connectivity index (χ2n) is 5.40. The van der Waals surface area contributed by atoms with Crippen LogP contribution in [0.4, 0.5) is 0 Å². The number of carbonyl (C=O) groups is 1. The van der Waals surface area contributed by atoms with Gasteiger partial charge in [-0.3, -0.25) is 10.1 Å². The predicted molar refractivity (Wildman–Crippen MR) is 84.5 cm³/mol. The fraction of sp³-hybridized carbons (Fsp3) is 0.933. The van der Waals surface area contributed by atoms with Crippen molar-refractivity contribution in [2.75, 3.05) is 18.6 Å². The van der Waals surface area contributed by atoms with E-state index in [0.717, 1.165) is 38.6 Å². The Kier molecular flexibility index (Phi) is 8.55. The largest absolute Gasteiger partial charge is 0.326 e. The van der Waals surface area contributed by atoms with Crippen LogP contribution in [-0.2, 0) is 4.79 Å². The molecule has 1 amide bonds. The van der Waals surface area contributed by atoms with Gasteiger partial charge in [0.15, 0.2) is 0 Å². The summed E-state index contributed by atoms with van der Waals surface area (Å²) in [7, 11) is 0. The molecule has 2 atom stereocenters. The lowest BCUT2D eigenvalue weighted by Crippen LogP contribution is -2.37. The predicted octanol–water partition coefficient (Wildman–Crippen LogP) is 3.25. The molecule has 1 rings (SSSR count). The van der Waals surface area contributed by atoms with Gasteiger partial charge in [-0.15, -0.1) is 0 Å². The van der Waals surface area contributed by atoms with Crippen molar-refractivity contribution >= 4 is 17.7 Å². The minimum absolute atomic E-state index is 0.0766. The molecule has 1 saturated heterocycles. The Morgan fingerprint density at radius 2 is 1.89 bits per heavy atom. The molecule has 112 valence electrons. The van der Waals surface area contributed by atoms with Crippen molar-refractivity contribution in [3.63, 3.8) is 0 Å². The van der Waals surface area contributed by atoms with Crippen molar-refractivity contribution in [3.8, 4) is 0 Å². The smallest absolute Gasteiger partial charge is 0.241 e. The molecule has 1 aliphatic rings. The molecule has 4 heteroatoms. The number of hydrogen-bond acceptors (Lipinski definition) is 3. The Hall–Kier alpha value is -0.220. The Morgan fingerprint density at radius 3 is 2.53 bits per heavy atom. The number of unbranched alkanes of at least 4 members (excludes halogenated alkanes) is 2. The summed E-state index contributed by atoms with van der Waals surface area (Å²) in [6.45, 7) is 5.27. The van der Waals surface area contributed by atoms with Gasteiger partial charge < -0.3 is 4.90 Å². The van der Waals surface area contributed by atoms with Crippen molar-refractivity contribution in [1.29, 1.82) is 0 Å². The lowest BCUT2D eigenvalue weighted by molar-refractivity contribution is -0.130. The molecule has 0 radical (unpaired) electrons. The summed E-state index contributed by atoms with van der Waals surface area (Å²) in [5.41, 5.74) is 0. The van der Waals surface area contributed by atoms with E-state index in [1.54, 1.807) is 0 Å². The first kappa shape index (κ1) is 16.8. The normalized spacial score (nSPS) is 23.3. The molecular weight excluding hydrogens is 256 g/mol. The third kappa shape index (κ3) is 5.35. The second kappa shape index (κ2) is 9.65. The van der Waals surface area contributed by atoms with Gasteiger partial charge in [0.05, 0.1) is 12.2 Å². The fourth-order valence-corrected chi connectivity index (χ4v) is 3.22. The molecule has 3 nitrogen and oxygen atoms in total. The first-order chi connectivity index (χ1) is 9.24. The fourth-order valence-electron chi connectivity index (χ4n) is 2.73. The van der Waals surface area contributed by atoms with Crippen LogP contribution < -0.4 is 5.32 Å². The first-order valence-corrected chi connectivity index (χ1v) is 9.19. The number of thioether (sulfide) groups is 1. The molecule has 0 aromatic carbocycles. The molecule has 0 aliphatic carbocycles. The van der Waals surface area contributed by atoms with E-state index in [9.17, 15) is 4.79 Å². The summed E-state index contributed by atoms with van der Waals surface area (Å²) in [5, 5.41) is 3.52. The van der Waals surface area contributed by atoms with Crippen LogP contribution in [0.25, 0.3) is 0 Å². The number of carbonyl (C=O) groups excluding carboxylic acids is 1. The van der Waals surface area contributed by atoms with Crippen molar-refractivity contribution in [3.05, 3.63) is 0 Å². The molecule has 1 N–H and O–H groups in total. The van der Waals surface area contributed by atoms with Gasteiger partial charge in [0.1, 0.15) is 0 Å². The number of nitrogens with one attached hydrogen (secondary N) is 1. The molecule has 19 heavy (non-hydrogen) atoms. The number of hydrogen-bond donors (Lipinski definition) is 1. The topological polar surface area (TPSA) is 32.3 Å². The first-order valence-electron chi connectivity index (χ1n) is 7.80. The summed E-state index contributed by atoms with van der Waals surface area (Å²) < 4.78 is 0. The van der Waals surface area contributed by atoms with Gasteiger partial charge in [0.25, 0.3) is 0 Å². The summed E-state index contributed by atoms with van der Waals surface area (Å²) >= 11 is 1.91. The van der Waals surface area contributed by atoms with Gasteiger partial charge in [0, 0.05) is 6.54 Å². The van der Waals surface area contributed by atoms with Gasteiger partial charge in [-0.1, -0.05) is 33.1 Å². The Morgan fingerprint density at radius 1 is 1.16 bits per heavy atom. The quantitative estimate of drug-likeness (QED) is 0.626. The van der Waals surface area contributed by atoms with Crippen LogP contribution in [0.1, 0.15) is 58.8 Å². The molecule has 1 aliphatic heterocycles. The van der Waals surface area contributed by atoms with Crippen LogP contribution in [0.3, 0.4) is 0 Å². The Balaban J connectivity index is 2.40. The highest BCUT2D eigenvalue weighted by molar-refractivity contribution is 7.98. The summed E-state index contributed by atoms with van der Waals surface area (Å²) in [5.74, 6) is 1.58. The van der Waals surface area contributed by atoms with E-state index in [-0.39, 0.29) is 12.2 Å². The SMILES string of the molecule is CCCC1NC(CCC)N(CCCCCSC)C1=O. The van der Waals surface area contributed by atoms with Gasteiger partial charge in [-0.05, 0) is 37.7 Å². The lowest BCUT2D eigenvalue weighted by atomic mass is 10.1. The highest BCUT2D eigenvalue weighted by Gasteiger charge is 2.36. The van der Waals surface area contributed by atoms with Gasteiger partial charge in [-0.25, -0.2) is 0 Å². The van der Waals surface area contributed by atoms with Gasteiger partial charge in [-0.2, -0.15) is 11.8 Å². The van der Waals surface area contributed by atoms with Gasteiger partial charge >= 0.3 is 0 Å². The van der Waals surface area contributed by atoms with E-state index in [1.165, 1.54) is 18.6 Å². The molecule has 0 saturated carbocycles. The Bertz CT molecular complexity index is 261. The van der Waals surface area contributed by atoms with Crippen LogP contribution in [-0.4, -0.2) is 41.6 Å². The number of amides is 1. The molecule has 0 aromatic heterocycles. The second-order valence-corrected chi connectivity index (χ2v) is 6.38. The molecule has 1 fully saturated rings. The average Bonchev–Trinajstić information content (AvgIpc) is 2.68. The molecular formula is C15H30N2OS. The van der Waals surface area contributed by atoms with Crippen LogP contribution in [0.2, 0.25) is 0 Å². The molecule has 1 heterocycles. The van der Waals surface area contributed by atoms with Crippen molar-refractivity contribution in [2.24, 2.45) is 0 Å². The van der Waals surface area contributed by atoms with Crippen molar-refractivity contribution in [2.45, 2.75) is 71.0 Å². The maximum Gasteiger partial charge on any atom is 0.241 e. The molecule has 2 unspecified atom stereocenters. The van der Waals surface area contributed by atoms with E-state index in [4.69, 9.17) is 0 Å². The highest BCUT2D eigenvalue weighted by atomic mass is 32.2. The maximum atomic E-state index is 12.4. The van der Waals surface area contributed by atoms with E-state index < -0.39 is 0 Å². The monoisotopic (exact) mass is 286 g/mol. The van der Waals surface area contributed by atoms with E-state index >= 15 is 0 Å². The zero-order valence-corrected chi connectivity index (χ0v) is 13.6. The highest BCUT2D eigenvalue weighted by Crippen LogP contribution is 2.19. The zero-order valence-electron chi connectivity index (χ0n) is 12.8. The standard InChI is InChI=1S/C15H30N2OS/c1-4-9-13-15(18)17(14(16-13)10-5-2)11-7-6-8-12-19-3/h13-14,16H,4-12H2,1-3H3. The van der Waals surface area contributed by atoms with Crippen molar-refractivity contribution in [1.82, 2.24) is 10.2 Å². The molecule has 0 bridgehead atoms. The molecule has 0 aromatic rings. The number of nitrogens with zero attached hydrogens (tertiary/aromatic N) is 1. The third-order valence-electron chi connectivity index (χ3n) is 3.74. The average molecular weight is 286 g/mol. The van der Waals surface area contributed by atoms with Gasteiger partial charge in [0.2, 0.25) is 5.91 Å².